The molecule has 7 nitrogen and oxygen atoms in total. The van der Waals surface area contributed by atoms with Crippen LogP contribution in [0.1, 0.15) is 35.0 Å². The highest BCUT2D eigenvalue weighted by Crippen LogP contribution is 2.19. The molecule has 0 N–H and O–H groups in total. The summed E-state index contributed by atoms with van der Waals surface area (Å²) in [7, 11) is 1.68. The number of benzene rings is 1. The lowest BCUT2D eigenvalue weighted by atomic mass is 10.2. The minimum absolute atomic E-state index is 0.153. The van der Waals surface area contributed by atoms with Crippen LogP contribution in [0.4, 0.5) is 0 Å². The Bertz CT molecular complexity index is 783. The Morgan fingerprint density at radius 2 is 2.08 bits per heavy atom. The molecule has 2 heterocycles. The number of hydrogen-bond donors (Lipinski definition) is 0. The molecule has 1 atom stereocenters. The van der Waals surface area contributed by atoms with E-state index in [9.17, 15) is 4.79 Å². The van der Waals surface area contributed by atoms with Crippen LogP contribution >= 0.6 is 0 Å². The van der Waals surface area contributed by atoms with Crippen LogP contribution in [-0.4, -0.2) is 28.0 Å². The summed E-state index contributed by atoms with van der Waals surface area (Å²) in [6.45, 7) is 2.01. The fraction of sp³-hybridized carbons (Fsp3) is 0.235. The summed E-state index contributed by atoms with van der Waals surface area (Å²) in [5.41, 5.74) is 0.890. The summed E-state index contributed by atoms with van der Waals surface area (Å²) in [5.74, 6) is 0.783. The summed E-state index contributed by atoms with van der Waals surface area (Å²) in [6, 6.07) is 10.8. The van der Waals surface area contributed by atoms with Crippen molar-refractivity contribution >= 4 is 5.91 Å². The van der Waals surface area contributed by atoms with Gasteiger partial charge >= 0.3 is 0 Å². The molecule has 0 aliphatic heterocycles. The number of amides is 1. The Morgan fingerprint density at radius 1 is 1.29 bits per heavy atom. The minimum Gasteiger partial charge on any atom is -0.484 e. The second kappa shape index (κ2) is 6.99. The van der Waals surface area contributed by atoms with Crippen molar-refractivity contribution in [3.63, 3.8) is 0 Å². The van der Waals surface area contributed by atoms with E-state index in [1.165, 1.54) is 17.4 Å². The van der Waals surface area contributed by atoms with Gasteiger partial charge in [-0.25, -0.2) is 4.98 Å². The lowest BCUT2D eigenvalue weighted by Gasteiger charge is -2.21. The standard InChI is InChI=1S/C17H17N3O4/c1-12(14-8-9-24-19-14)20(2)17(21)15-10-23-16(18-15)11-22-13-6-4-3-5-7-13/h3-10,12H,11H2,1-2H3/t12-/m0/s1. The van der Waals surface area contributed by atoms with E-state index in [-0.39, 0.29) is 24.2 Å². The van der Waals surface area contributed by atoms with Crippen molar-refractivity contribution < 1.29 is 18.5 Å². The Balaban J connectivity index is 1.63. The van der Waals surface area contributed by atoms with E-state index in [1.807, 2.05) is 37.3 Å². The first-order valence-corrected chi connectivity index (χ1v) is 7.45. The summed E-state index contributed by atoms with van der Waals surface area (Å²) in [5, 5.41) is 3.85. The molecule has 124 valence electrons. The van der Waals surface area contributed by atoms with E-state index < -0.39 is 0 Å². The Labute approximate surface area is 138 Å². The van der Waals surface area contributed by atoms with Crippen LogP contribution in [0.2, 0.25) is 0 Å². The maximum atomic E-state index is 12.5. The maximum absolute atomic E-state index is 12.5. The van der Waals surface area contributed by atoms with Crippen molar-refractivity contribution in [2.24, 2.45) is 0 Å². The molecule has 0 saturated heterocycles. The molecule has 24 heavy (non-hydrogen) atoms. The number of rotatable bonds is 6. The number of oxazole rings is 1. The SMILES string of the molecule is C[C@@H](c1ccon1)N(C)C(=O)c1coc(COc2ccccc2)n1. The number of para-hydroxylation sites is 1. The molecule has 1 amide bonds. The Kier molecular flexibility index (Phi) is 4.60. The minimum atomic E-state index is -0.264. The van der Waals surface area contributed by atoms with Crippen LogP contribution in [0.15, 0.2) is 57.9 Å². The van der Waals surface area contributed by atoms with E-state index in [0.29, 0.717) is 17.3 Å². The number of carbonyl (C=O) groups is 1. The third-order valence-electron chi connectivity index (χ3n) is 3.66. The van der Waals surface area contributed by atoms with Gasteiger partial charge in [0.15, 0.2) is 12.3 Å². The van der Waals surface area contributed by atoms with Crippen molar-refractivity contribution in [1.29, 1.82) is 0 Å². The third-order valence-corrected chi connectivity index (χ3v) is 3.66. The largest absolute Gasteiger partial charge is 0.484 e. The van der Waals surface area contributed by atoms with Gasteiger partial charge in [-0.15, -0.1) is 0 Å². The quantitative estimate of drug-likeness (QED) is 0.692. The van der Waals surface area contributed by atoms with Crippen molar-refractivity contribution in [3.05, 3.63) is 66.2 Å². The van der Waals surface area contributed by atoms with Crippen molar-refractivity contribution in [2.45, 2.75) is 19.6 Å². The summed E-state index contributed by atoms with van der Waals surface area (Å²) in [4.78, 5) is 18.2. The molecule has 7 heteroatoms. The molecule has 1 aromatic carbocycles. The van der Waals surface area contributed by atoms with Crippen LogP contribution in [0.3, 0.4) is 0 Å². The fourth-order valence-corrected chi connectivity index (χ4v) is 2.13. The molecule has 0 saturated carbocycles. The van der Waals surface area contributed by atoms with Crippen molar-refractivity contribution in [3.8, 4) is 5.75 Å². The normalized spacial score (nSPS) is 11.9. The highest BCUT2D eigenvalue weighted by Gasteiger charge is 2.23. The van der Waals surface area contributed by atoms with E-state index >= 15 is 0 Å². The van der Waals surface area contributed by atoms with Crippen LogP contribution in [0, 0.1) is 0 Å². The van der Waals surface area contributed by atoms with E-state index in [4.69, 9.17) is 13.7 Å². The molecule has 0 aliphatic carbocycles. The number of hydrogen-bond acceptors (Lipinski definition) is 6. The lowest BCUT2D eigenvalue weighted by Crippen LogP contribution is -2.30. The number of aromatic nitrogens is 2. The molecule has 0 spiro atoms. The van der Waals surface area contributed by atoms with Gasteiger partial charge in [-0.2, -0.15) is 0 Å². The van der Waals surface area contributed by atoms with Gasteiger partial charge in [0, 0.05) is 13.1 Å². The number of nitrogens with zero attached hydrogens (tertiary/aromatic N) is 3. The Morgan fingerprint density at radius 3 is 2.79 bits per heavy atom. The van der Waals surface area contributed by atoms with Gasteiger partial charge < -0.3 is 18.6 Å². The first-order chi connectivity index (χ1) is 11.6. The van der Waals surface area contributed by atoms with Crippen LogP contribution in [0.5, 0.6) is 5.75 Å². The van der Waals surface area contributed by atoms with Crippen LogP contribution in [-0.2, 0) is 6.61 Å². The van der Waals surface area contributed by atoms with Gasteiger partial charge in [0.2, 0.25) is 5.89 Å². The average Bonchev–Trinajstić information content (AvgIpc) is 3.30. The van der Waals surface area contributed by atoms with Crippen LogP contribution in [0.25, 0.3) is 0 Å². The predicted octanol–water partition coefficient (Wildman–Crippen LogP) is 3.07. The predicted molar refractivity (Wildman–Crippen MR) is 84.3 cm³/mol. The average molecular weight is 327 g/mol. The topological polar surface area (TPSA) is 81.6 Å². The molecule has 3 rings (SSSR count). The molecular formula is C17H17N3O4. The second-order valence-corrected chi connectivity index (χ2v) is 5.24. The summed E-state index contributed by atoms with van der Waals surface area (Å²) in [6.07, 6.45) is 2.80. The molecular weight excluding hydrogens is 310 g/mol. The molecule has 0 bridgehead atoms. The van der Waals surface area contributed by atoms with Gasteiger partial charge in [0.05, 0.1) is 6.04 Å². The van der Waals surface area contributed by atoms with Crippen LogP contribution < -0.4 is 4.74 Å². The first-order valence-electron chi connectivity index (χ1n) is 7.45. The maximum Gasteiger partial charge on any atom is 0.276 e. The lowest BCUT2D eigenvalue weighted by molar-refractivity contribution is 0.0731. The highest BCUT2D eigenvalue weighted by atomic mass is 16.5. The monoisotopic (exact) mass is 327 g/mol. The molecule has 2 aromatic heterocycles. The Hall–Kier alpha value is -3.09. The second-order valence-electron chi connectivity index (χ2n) is 5.24. The van der Waals surface area contributed by atoms with Gasteiger partial charge in [-0.05, 0) is 19.1 Å². The smallest absolute Gasteiger partial charge is 0.276 e. The zero-order valence-corrected chi connectivity index (χ0v) is 13.4. The van der Waals surface area contributed by atoms with Gasteiger partial charge in [-0.3, -0.25) is 4.79 Å². The third kappa shape index (κ3) is 3.45. The fourth-order valence-electron chi connectivity index (χ4n) is 2.13. The highest BCUT2D eigenvalue weighted by molar-refractivity contribution is 5.92. The number of ether oxygens (including phenoxy) is 1. The summed E-state index contributed by atoms with van der Waals surface area (Å²) >= 11 is 0. The van der Waals surface area contributed by atoms with E-state index in [2.05, 4.69) is 10.1 Å². The summed E-state index contributed by atoms with van der Waals surface area (Å²) < 4.78 is 15.7. The van der Waals surface area contributed by atoms with Gasteiger partial charge in [-0.1, -0.05) is 23.4 Å². The zero-order valence-electron chi connectivity index (χ0n) is 13.4. The van der Waals surface area contributed by atoms with E-state index in [1.54, 1.807) is 13.1 Å². The number of carbonyl (C=O) groups excluding carboxylic acids is 1. The van der Waals surface area contributed by atoms with Crippen molar-refractivity contribution in [1.82, 2.24) is 15.0 Å². The van der Waals surface area contributed by atoms with E-state index in [0.717, 1.165) is 0 Å². The molecule has 3 aromatic rings. The first kappa shape index (κ1) is 15.8. The van der Waals surface area contributed by atoms with Crippen molar-refractivity contribution in [2.75, 3.05) is 7.05 Å². The van der Waals surface area contributed by atoms with Gasteiger partial charge in [0.1, 0.15) is 24.0 Å². The van der Waals surface area contributed by atoms with Gasteiger partial charge in [0.25, 0.3) is 5.91 Å². The molecule has 0 aliphatic rings. The molecule has 0 unspecified atom stereocenters. The zero-order chi connectivity index (χ0) is 16.9. The molecule has 0 radical (unpaired) electrons. The molecule has 0 fully saturated rings.